The van der Waals surface area contributed by atoms with Crippen molar-refractivity contribution in [1.82, 2.24) is 5.32 Å². The highest BCUT2D eigenvalue weighted by atomic mass is 35.5. The van der Waals surface area contributed by atoms with Gasteiger partial charge in [-0.05, 0) is 61.7 Å². The number of rotatable bonds is 8. The second-order valence-corrected chi connectivity index (χ2v) is 6.94. The van der Waals surface area contributed by atoms with Gasteiger partial charge in [0.05, 0.1) is 11.4 Å². The minimum absolute atomic E-state index is 0.562. The van der Waals surface area contributed by atoms with Crippen LogP contribution in [0.2, 0.25) is 4.34 Å². The van der Waals surface area contributed by atoms with Gasteiger partial charge in [0, 0.05) is 4.88 Å². The van der Waals surface area contributed by atoms with E-state index >= 15 is 0 Å². The predicted molar refractivity (Wildman–Crippen MR) is 91.8 cm³/mol. The quantitative estimate of drug-likeness (QED) is 0.776. The van der Waals surface area contributed by atoms with Gasteiger partial charge in [-0.2, -0.15) is 0 Å². The van der Waals surface area contributed by atoms with Gasteiger partial charge in [0.2, 0.25) is 0 Å². The molecule has 1 atom stereocenters. The Bertz CT molecular complexity index is 555. The summed E-state index contributed by atoms with van der Waals surface area (Å²) in [5.41, 5.74) is 1.32. The first-order valence-electron chi connectivity index (χ1n) is 7.29. The van der Waals surface area contributed by atoms with Gasteiger partial charge in [-0.3, -0.25) is 0 Å². The van der Waals surface area contributed by atoms with Crippen molar-refractivity contribution in [3.05, 3.63) is 51.2 Å². The number of methoxy groups -OCH3 is 1. The van der Waals surface area contributed by atoms with E-state index in [0.29, 0.717) is 5.92 Å². The number of ether oxygens (including phenoxy) is 1. The summed E-state index contributed by atoms with van der Waals surface area (Å²) in [6.45, 7) is 4.16. The van der Waals surface area contributed by atoms with Crippen LogP contribution in [0.25, 0.3) is 0 Å². The molecular formula is C17H22ClNOS. The maximum Gasteiger partial charge on any atom is 0.119 e. The molecule has 1 unspecified atom stereocenters. The number of halogens is 1. The lowest BCUT2D eigenvalue weighted by Crippen LogP contribution is -2.25. The monoisotopic (exact) mass is 323 g/mol. The van der Waals surface area contributed by atoms with E-state index < -0.39 is 0 Å². The molecular weight excluding hydrogens is 302 g/mol. The van der Waals surface area contributed by atoms with E-state index in [1.54, 1.807) is 18.4 Å². The number of nitrogens with one attached hydrogen (secondary N) is 1. The highest BCUT2D eigenvalue weighted by Gasteiger charge is 2.12. The van der Waals surface area contributed by atoms with E-state index in [1.165, 1.54) is 10.4 Å². The van der Waals surface area contributed by atoms with Crippen LogP contribution in [-0.4, -0.2) is 20.2 Å². The number of hydrogen-bond donors (Lipinski definition) is 1. The van der Waals surface area contributed by atoms with Crippen LogP contribution in [0, 0.1) is 5.92 Å². The smallest absolute Gasteiger partial charge is 0.119 e. The lowest BCUT2D eigenvalue weighted by atomic mass is 9.95. The van der Waals surface area contributed by atoms with Gasteiger partial charge in [0.1, 0.15) is 5.75 Å². The fraction of sp³-hybridized carbons (Fsp3) is 0.412. The van der Waals surface area contributed by atoms with Crippen LogP contribution in [-0.2, 0) is 12.8 Å². The van der Waals surface area contributed by atoms with Crippen molar-refractivity contribution >= 4 is 22.9 Å². The first-order chi connectivity index (χ1) is 10.2. The third kappa shape index (κ3) is 5.34. The first kappa shape index (κ1) is 16.3. The molecule has 0 aliphatic heterocycles. The minimum Gasteiger partial charge on any atom is -0.497 e. The van der Waals surface area contributed by atoms with E-state index in [1.807, 2.05) is 12.1 Å². The zero-order chi connectivity index (χ0) is 15.1. The summed E-state index contributed by atoms with van der Waals surface area (Å²) in [5, 5.41) is 3.46. The largest absolute Gasteiger partial charge is 0.497 e. The van der Waals surface area contributed by atoms with E-state index in [4.69, 9.17) is 16.3 Å². The van der Waals surface area contributed by atoms with Gasteiger partial charge in [0.25, 0.3) is 0 Å². The molecule has 0 spiro atoms. The molecule has 0 fully saturated rings. The molecule has 2 nitrogen and oxygen atoms in total. The lowest BCUT2D eigenvalue weighted by Gasteiger charge is -2.17. The molecule has 4 heteroatoms. The van der Waals surface area contributed by atoms with E-state index in [-0.39, 0.29) is 0 Å². The van der Waals surface area contributed by atoms with E-state index in [9.17, 15) is 0 Å². The summed E-state index contributed by atoms with van der Waals surface area (Å²) in [5.74, 6) is 1.49. The molecule has 0 amide bonds. The lowest BCUT2D eigenvalue weighted by molar-refractivity contribution is 0.413. The molecule has 2 aromatic rings. The number of thiophene rings is 1. The van der Waals surface area contributed by atoms with Crippen LogP contribution < -0.4 is 10.1 Å². The zero-order valence-electron chi connectivity index (χ0n) is 12.6. The van der Waals surface area contributed by atoms with Crippen molar-refractivity contribution < 1.29 is 4.74 Å². The molecule has 1 aromatic heterocycles. The van der Waals surface area contributed by atoms with Crippen LogP contribution in [0.15, 0.2) is 36.4 Å². The van der Waals surface area contributed by atoms with E-state index in [2.05, 4.69) is 36.5 Å². The zero-order valence-corrected chi connectivity index (χ0v) is 14.1. The van der Waals surface area contributed by atoms with Crippen molar-refractivity contribution in [2.45, 2.75) is 19.8 Å². The van der Waals surface area contributed by atoms with Crippen LogP contribution in [0.1, 0.15) is 17.4 Å². The van der Waals surface area contributed by atoms with Crippen LogP contribution >= 0.6 is 22.9 Å². The van der Waals surface area contributed by atoms with Crippen LogP contribution in [0.5, 0.6) is 5.75 Å². The first-order valence-corrected chi connectivity index (χ1v) is 8.48. The molecule has 21 heavy (non-hydrogen) atoms. The predicted octanol–water partition coefficient (Wildman–Crippen LogP) is 4.42. The van der Waals surface area contributed by atoms with Gasteiger partial charge in [-0.25, -0.2) is 0 Å². The number of benzene rings is 1. The van der Waals surface area contributed by atoms with Crippen molar-refractivity contribution in [2.75, 3.05) is 20.2 Å². The van der Waals surface area contributed by atoms with Gasteiger partial charge >= 0.3 is 0 Å². The molecule has 0 saturated heterocycles. The second-order valence-electron chi connectivity index (χ2n) is 5.14. The summed E-state index contributed by atoms with van der Waals surface area (Å²) in [6, 6.07) is 12.5. The third-order valence-electron chi connectivity index (χ3n) is 3.46. The minimum atomic E-state index is 0.562. The van der Waals surface area contributed by atoms with Crippen LogP contribution in [0.4, 0.5) is 0 Å². The Kier molecular flexibility index (Phi) is 6.55. The molecule has 1 N–H and O–H groups in total. The molecule has 2 rings (SSSR count). The Labute approximate surface area is 136 Å². The molecule has 1 heterocycles. The van der Waals surface area contributed by atoms with Crippen LogP contribution in [0.3, 0.4) is 0 Å². The third-order valence-corrected chi connectivity index (χ3v) is 4.71. The average molecular weight is 324 g/mol. The maximum absolute atomic E-state index is 6.03. The van der Waals surface area contributed by atoms with Gasteiger partial charge in [-0.15, -0.1) is 11.3 Å². The van der Waals surface area contributed by atoms with Crippen molar-refractivity contribution in [3.8, 4) is 5.75 Å². The number of hydrogen-bond acceptors (Lipinski definition) is 3. The average Bonchev–Trinajstić information content (AvgIpc) is 2.90. The molecule has 0 radical (unpaired) electrons. The van der Waals surface area contributed by atoms with Gasteiger partial charge in [0.15, 0.2) is 0 Å². The van der Waals surface area contributed by atoms with E-state index in [0.717, 1.165) is 36.0 Å². The van der Waals surface area contributed by atoms with Crippen molar-refractivity contribution in [2.24, 2.45) is 5.92 Å². The fourth-order valence-electron chi connectivity index (χ4n) is 2.44. The summed E-state index contributed by atoms with van der Waals surface area (Å²) < 4.78 is 6.18. The Hall–Kier alpha value is -1.03. The highest BCUT2D eigenvalue weighted by molar-refractivity contribution is 7.16. The highest BCUT2D eigenvalue weighted by Crippen LogP contribution is 2.25. The molecule has 0 bridgehead atoms. The topological polar surface area (TPSA) is 21.3 Å². The van der Waals surface area contributed by atoms with Gasteiger partial charge < -0.3 is 10.1 Å². The van der Waals surface area contributed by atoms with Crippen molar-refractivity contribution in [1.29, 1.82) is 0 Å². The summed E-state index contributed by atoms with van der Waals surface area (Å²) >= 11 is 7.72. The molecule has 0 aliphatic carbocycles. The Morgan fingerprint density at radius 2 is 2.10 bits per heavy atom. The molecule has 0 aliphatic rings. The maximum atomic E-state index is 6.03. The summed E-state index contributed by atoms with van der Waals surface area (Å²) in [6.07, 6.45) is 2.10. The Balaban J connectivity index is 2.04. The standard InChI is InChI=1S/C17H22ClNOS/c1-3-19-12-14(11-16-7-8-17(18)21-16)9-13-5-4-6-15(10-13)20-2/h4-8,10,14,19H,3,9,11-12H2,1-2H3. The second kappa shape index (κ2) is 8.42. The van der Waals surface area contributed by atoms with Gasteiger partial charge in [-0.1, -0.05) is 30.7 Å². The Morgan fingerprint density at radius 1 is 1.24 bits per heavy atom. The van der Waals surface area contributed by atoms with Crippen molar-refractivity contribution in [3.63, 3.8) is 0 Å². The summed E-state index contributed by atoms with van der Waals surface area (Å²) in [4.78, 5) is 1.35. The fourth-order valence-corrected chi connectivity index (χ4v) is 3.65. The molecule has 0 saturated carbocycles. The normalized spacial score (nSPS) is 12.3. The SMILES string of the molecule is CCNCC(Cc1cccc(OC)c1)Cc1ccc(Cl)s1. The Morgan fingerprint density at radius 3 is 2.76 bits per heavy atom. The molecule has 1 aromatic carbocycles. The summed E-state index contributed by atoms with van der Waals surface area (Å²) in [7, 11) is 1.71. The molecule has 114 valence electrons.